The monoisotopic (exact) mass is 596 g/mol. The molecule has 0 aliphatic carbocycles. The van der Waals surface area contributed by atoms with Crippen LogP contribution in [0.5, 0.6) is 11.5 Å². The van der Waals surface area contributed by atoms with E-state index in [9.17, 15) is 23.1 Å². The molecule has 0 fully saturated rings. The third kappa shape index (κ3) is 8.81. The summed E-state index contributed by atoms with van der Waals surface area (Å²) < 4.78 is 42.6. The molecule has 0 radical (unpaired) electrons. The van der Waals surface area contributed by atoms with E-state index < -0.39 is 32.4 Å². The standard InChI is InChI=1S/C31H36N2O8S/c1-4-5-6-7-8-12-17-41-27-16-15-23(21-28(27)39-2)29(22-13-10-9-11-14-22)32-33-42(37,38)26-19-24(30(34)35)18-25(20-26)31(36)40-3/h9-11,13-16,18-21,33H,4-8,12,17H2,1-3H3,(H,34,35)/b32-29+. The predicted molar refractivity (Wildman–Crippen MR) is 159 cm³/mol. The lowest BCUT2D eigenvalue weighted by Gasteiger charge is -2.14. The van der Waals surface area contributed by atoms with Crippen LogP contribution in [0.15, 0.2) is 76.7 Å². The normalized spacial score (nSPS) is 11.5. The Balaban J connectivity index is 1.91. The number of unbranched alkanes of at least 4 members (excludes halogenated alkanes) is 5. The van der Waals surface area contributed by atoms with Gasteiger partial charge in [-0.15, -0.1) is 0 Å². The molecule has 0 saturated heterocycles. The van der Waals surface area contributed by atoms with Crippen LogP contribution in [0, 0.1) is 0 Å². The highest BCUT2D eigenvalue weighted by Gasteiger charge is 2.21. The van der Waals surface area contributed by atoms with Gasteiger partial charge < -0.3 is 19.3 Å². The molecule has 0 heterocycles. The topological polar surface area (TPSA) is 141 Å². The number of nitrogens with zero attached hydrogens (tertiary/aromatic N) is 1. The van der Waals surface area contributed by atoms with Crippen molar-refractivity contribution in [2.75, 3.05) is 20.8 Å². The number of sulfonamides is 1. The number of nitrogens with one attached hydrogen (secondary N) is 1. The van der Waals surface area contributed by atoms with E-state index in [1.54, 1.807) is 42.5 Å². The Hall–Kier alpha value is -4.38. The van der Waals surface area contributed by atoms with Gasteiger partial charge in [0.2, 0.25) is 0 Å². The molecule has 0 atom stereocenters. The first-order valence-electron chi connectivity index (χ1n) is 13.6. The van der Waals surface area contributed by atoms with E-state index in [1.165, 1.54) is 32.8 Å². The van der Waals surface area contributed by atoms with Gasteiger partial charge in [-0.3, -0.25) is 0 Å². The van der Waals surface area contributed by atoms with Crippen molar-refractivity contribution in [3.63, 3.8) is 0 Å². The molecule has 3 aromatic rings. The molecule has 3 rings (SSSR count). The summed E-state index contributed by atoms with van der Waals surface area (Å²) in [5.41, 5.74) is 0.806. The van der Waals surface area contributed by atoms with Crippen LogP contribution < -0.4 is 14.3 Å². The Morgan fingerprint density at radius 3 is 2.17 bits per heavy atom. The van der Waals surface area contributed by atoms with E-state index in [-0.39, 0.29) is 11.3 Å². The number of carbonyl (C=O) groups is 2. The van der Waals surface area contributed by atoms with Crippen LogP contribution >= 0.6 is 0 Å². The quantitative estimate of drug-likeness (QED) is 0.0936. The Morgan fingerprint density at radius 2 is 1.50 bits per heavy atom. The Kier molecular flexibility index (Phi) is 11.9. The number of ether oxygens (including phenoxy) is 3. The minimum absolute atomic E-state index is 0.230. The number of aromatic carboxylic acids is 1. The molecular weight excluding hydrogens is 560 g/mol. The second-order valence-electron chi connectivity index (χ2n) is 9.45. The molecule has 0 unspecified atom stereocenters. The van der Waals surface area contributed by atoms with Crippen molar-refractivity contribution in [3.8, 4) is 11.5 Å². The molecular formula is C31H36N2O8S. The summed E-state index contributed by atoms with van der Waals surface area (Å²) >= 11 is 0. The predicted octanol–water partition coefficient (Wildman–Crippen LogP) is 5.65. The zero-order valence-corrected chi connectivity index (χ0v) is 24.8. The van der Waals surface area contributed by atoms with Crippen LogP contribution in [0.25, 0.3) is 0 Å². The zero-order chi connectivity index (χ0) is 30.5. The van der Waals surface area contributed by atoms with Crippen molar-refractivity contribution in [1.29, 1.82) is 0 Å². The van der Waals surface area contributed by atoms with E-state index in [1.807, 2.05) is 6.07 Å². The minimum Gasteiger partial charge on any atom is -0.493 e. The lowest BCUT2D eigenvalue weighted by atomic mass is 10.0. The number of benzene rings is 3. The van der Waals surface area contributed by atoms with E-state index in [2.05, 4.69) is 21.6 Å². The van der Waals surface area contributed by atoms with Gasteiger partial charge in [-0.1, -0.05) is 69.4 Å². The Labute approximate surface area is 246 Å². The molecule has 224 valence electrons. The van der Waals surface area contributed by atoms with E-state index in [4.69, 9.17) is 9.47 Å². The number of rotatable bonds is 16. The van der Waals surface area contributed by atoms with Crippen molar-refractivity contribution < 1.29 is 37.3 Å². The molecule has 0 spiro atoms. The molecule has 0 bridgehead atoms. The van der Waals surface area contributed by atoms with Crippen LogP contribution in [0.3, 0.4) is 0 Å². The molecule has 0 aliphatic heterocycles. The van der Waals surface area contributed by atoms with Crippen LogP contribution in [-0.2, 0) is 14.8 Å². The molecule has 11 heteroatoms. The van der Waals surface area contributed by atoms with Gasteiger partial charge in [0, 0.05) is 11.1 Å². The third-order valence-electron chi connectivity index (χ3n) is 6.40. The number of carbonyl (C=O) groups excluding carboxylic acids is 1. The first-order chi connectivity index (χ1) is 20.2. The average molecular weight is 597 g/mol. The molecule has 0 aromatic heterocycles. The SMILES string of the molecule is CCCCCCCCOc1ccc(/C(=N/NS(=O)(=O)c2cc(C(=O)O)cc(C(=O)OC)c2)c2ccccc2)cc1OC. The molecule has 0 aliphatic rings. The molecule has 2 N–H and O–H groups in total. The lowest BCUT2D eigenvalue weighted by molar-refractivity contribution is 0.0600. The summed E-state index contributed by atoms with van der Waals surface area (Å²) in [6, 6.07) is 17.1. The molecule has 0 amide bonds. The number of esters is 1. The van der Waals surface area contributed by atoms with Gasteiger partial charge in [-0.25, -0.2) is 9.59 Å². The summed E-state index contributed by atoms with van der Waals surface area (Å²) in [5, 5.41) is 13.7. The van der Waals surface area contributed by atoms with Crippen LogP contribution in [0.4, 0.5) is 0 Å². The smallest absolute Gasteiger partial charge is 0.337 e. The summed E-state index contributed by atoms with van der Waals surface area (Å²) in [4.78, 5) is 25.4. The zero-order valence-electron chi connectivity index (χ0n) is 24.0. The highest BCUT2D eigenvalue weighted by atomic mass is 32.2. The largest absolute Gasteiger partial charge is 0.493 e. The van der Waals surface area contributed by atoms with Crippen molar-refractivity contribution in [2.24, 2.45) is 5.10 Å². The minimum atomic E-state index is -4.40. The Bertz CT molecular complexity index is 1500. The number of carboxylic acid groups (broad SMARTS) is 1. The first-order valence-corrected chi connectivity index (χ1v) is 15.1. The van der Waals surface area contributed by atoms with Crippen LogP contribution in [0.2, 0.25) is 0 Å². The maximum atomic E-state index is 13.2. The highest BCUT2D eigenvalue weighted by Crippen LogP contribution is 2.30. The summed E-state index contributed by atoms with van der Waals surface area (Å²) in [7, 11) is -1.77. The lowest BCUT2D eigenvalue weighted by Crippen LogP contribution is -2.22. The number of carboxylic acids is 1. The highest BCUT2D eigenvalue weighted by molar-refractivity contribution is 7.89. The van der Waals surface area contributed by atoms with Gasteiger partial charge >= 0.3 is 11.9 Å². The third-order valence-corrected chi connectivity index (χ3v) is 7.59. The van der Waals surface area contributed by atoms with Gasteiger partial charge in [0.15, 0.2) is 11.5 Å². The maximum Gasteiger partial charge on any atom is 0.337 e. The fourth-order valence-electron chi connectivity index (χ4n) is 4.16. The van der Waals surface area contributed by atoms with Crippen LogP contribution in [-0.4, -0.2) is 52.0 Å². The van der Waals surface area contributed by atoms with Gasteiger partial charge in [-0.05, 0) is 42.8 Å². The Morgan fingerprint density at radius 1 is 0.810 bits per heavy atom. The van der Waals surface area contributed by atoms with E-state index in [0.29, 0.717) is 29.2 Å². The summed E-state index contributed by atoms with van der Waals surface area (Å²) in [6.45, 7) is 2.73. The summed E-state index contributed by atoms with van der Waals surface area (Å²) in [5.74, 6) is -1.27. The van der Waals surface area contributed by atoms with Gasteiger partial charge in [0.25, 0.3) is 10.0 Å². The van der Waals surface area contributed by atoms with Crippen molar-refractivity contribution in [1.82, 2.24) is 4.83 Å². The van der Waals surface area contributed by atoms with E-state index in [0.717, 1.165) is 38.2 Å². The molecule has 0 saturated carbocycles. The fourth-order valence-corrected chi connectivity index (χ4v) is 5.04. The molecule has 42 heavy (non-hydrogen) atoms. The second-order valence-corrected chi connectivity index (χ2v) is 11.1. The number of methoxy groups -OCH3 is 2. The second kappa shape index (κ2) is 15.6. The summed E-state index contributed by atoms with van der Waals surface area (Å²) in [6.07, 6.45) is 6.84. The van der Waals surface area contributed by atoms with Crippen molar-refractivity contribution >= 4 is 27.7 Å². The number of hydrogen-bond donors (Lipinski definition) is 2. The fraction of sp³-hybridized carbons (Fsp3) is 0.323. The molecule has 3 aromatic carbocycles. The first kappa shape index (κ1) is 32.1. The number of hydrazone groups is 1. The average Bonchev–Trinajstić information content (AvgIpc) is 3.00. The maximum absolute atomic E-state index is 13.2. The van der Waals surface area contributed by atoms with E-state index >= 15 is 0 Å². The van der Waals surface area contributed by atoms with Gasteiger partial charge in [0.05, 0.1) is 42.6 Å². The van der Waals surface area contributed by atoms with Crippen molar-refractivity contribution in [2.45, 2.75) is 50.3 Å². The molecule has 10 nitrogen and oxygen atoms in total. The number of hydrogen-bond acceptors (Lipinski definition) is 8. The van der Waals surface area contributed by atoms with Crippen molar-refractivity contribution in [3.05, 3.63) is 89.0 Å². The van der Waals surface area contributed by atoms with Gasteiger partial charge in [-0.2, -0.15) is 18.4 Å². The van der Waals surface area contributed by atoms with Gasteiger partial charge in [0.1, 0.15) is 0 Å². The van der Waals surface area contributed by atoms with Crippen LogP contribution in [0.1, 0.15) is 77.3 Å².